The van der Waals surface area contributed by atoms with Gasteiger partial charge < -0.3 is 10.1 Å². The van der Waals surface area contributed by atoms with Gasteiger partial charge in [0.1, 0.15) is 6.04 Å². The lowest BCUT2D eigenvalue weighted by Gasteiger charge is -2.14. The standard InChI is InChI=1S/C11H18ClN3O2/c1-4-13-10(11(16)17-3)5-6-15-7-9(12)8(2)14-15/h7,10,13H,4-6H2,1-3H3. The molecule has 0 spiro atoms. The minimum atomic E-state index is -0.298. The highest BCUT2D eigenvalue weighted by molar-refractivity contribution is 6.31. The average molecular weight is 260 g/mol. The highest BCUT2D eigenvalue weighted by atomic mass is 35.5. The van der Waals surface area contributed by atoms with Crippen molar-refractivity contribution in [1.82, 2.24) is 15.1 Å². The molecule has 96 valence electrons. The molecule has 5 nitrogen and oxygen atoms in total. The third kappa shape index (κ3) is 4.02. The number of carbonyl (C=O) groups excluding carboxylic acids is 1. The van der Waals surface area contributed by atoms with Crippen LogP contribution in [0.5, 0.6) is 0 Å². The van der Waals surface area contributed by atoms with Gasteiger partial charge in [-0.2, -0.15) is 5.10 Å². The van der Waals surface area contributed by atoms with Gasteiger partial charge in [-0.3, -0.25) is 9.48 Å². The molecule has 0 aliphatic rings. The zero-order valence-electron chi connectivity index (χ0n) is 10.4. The fourth-order valence-electron chi connectivity index (χ4n) is 1.56. The van der Waals surface area contributed by atoms with E-state index in [0.717, 1.165) is 12.2 Å². The predicted molar refractivity (Wildman–Crippen MR) is 66.1 cm³/mol. The molecule has 1 aromatic rings. The minimum Gasteiger partial charge on any atom is -0.468 e. The summed E-state index contributed by atoms with van der Waals surface area (Å²) in [5, 5.41) is 7.95. The van der Waals surface area contributed by atoms with Crippen molar-refractivity contribution in [3.63, 3.8) is 0 Å². The lowest BCUT2D eigenvalue weighted by Crippen LogP contribution is -2.38. The zero-order valence-corrected chi connectivity index (χ0v) is 11.1. The Labute approximate surface area is 106 Å². The van der Waals surface area contributed by atoms with Crippen LogP contribution in [0.2, 0.25) is 5.02 Å². The summed E-state index contributed by atoms with van der Waals surface area (Å²) in [4.78, 5) is 11.5. The first-order valence-electron chi connectivity index (χ1n) is 5.59. The molecule has 1 unspecified atom stereocenters. The number of nitrogens with zero attached hydrogens (tertiary/aromatic N) is 2. The molecule has 17 heavy (non-hydrogen) atoms. The van der Waals surface area contributed by atoms with Gasteiger partial charge in [-0.25, -0.2) is 0 Å². The molecule has 0 saturated carbocycles. The number of carbonyl (C=O) groups is 1. The summed E-state index contributed by atoms with van der Waals surface area (Å²) in [6, 6.07) is -0.298. The Balaban J connectivity index is 2.54. The van der Waals surface area contributed by atoms with Gasteiger partial charge in [-0.05, 0) is 19.9 Å². The SMILES string of the molecule is CCNC(CCn1cc(Cl)c(C)n1)C(=O)OC. The number of nitrogens with one attached hydrogen (secondary N) is 1. The van der Waals surface area contributed by atoms with Gasteiger partial charge >= 0.3 is 5.97 Å². The van der Waals surface area contributed by atoms with E-state index in [1.807, 2.05) is 13.8 Å². The molecule has 0 fully saturated rings. The van der Waals surface area contributed by atoms with Gasteiger partial charge in [0.05, 0.1) is 17.8 Å². The minimum absolute atomic E-state index is 0.248. The molecule has 0 saturated heterocycles. The molecule has 1 atom stereocenters. The van der Waals surface area contributed by atoms with Crippen LogP contribution in [0.15, 0.2) is 6.20 Å². The summed E-state index contributed by atoms with van der Waals surface area (Å²) < 4.78 is 6.47. The highest BCUT2D eigenvalue weighted by Gasteiger charge is 2.17. The van der Waals surface area contributed by atoms with Crippen LogP contribution < -0.4 is 5.32 Å². The Morgan fingerprint density at radius 2 is 2.41 bits per heavy atom. The van der Waals surface area contributed by atoms with Crippen LogP contribution in [-0.4, -0.2) is 35.4 Å². The summed E-state index contributed by atoms with van der Waals surface area (Å²) in [7, 11) is 1.39. The van der Waals surface area contributed by atoms with Crippen molar-refractivity contribution in [2.24, 2.45) is 0 Å². The van der Waals surface area contributed by atoms with E-state index in [1.165, 1.54) is 7.11 Å². The Bertz CT molecular complexity index is 359. The van der Waals surface area contributed by atoms with Crippen molar-refractivity contribution >= 4 is 17.6 Å². The van der Waals surface area contributed by atoms with E-state index < -0.39 is 0 Å². The number of likely N-dealkylation sites (N-methyl/N-ethyl adjacent to an activating group) is 1. The summed E-state index contributed by atoms with van der Waals surface area (Å²) in [6.07, 6.45) is 2.38. The molecule has 0 aromatic carbocycles. The van der Waals surface area contributed by atoms with Gasteiger partial charge in [0.25, 0.3) is 0 Å². The molecule has 0 aliphatic carbocycles. The lowest BCUT2D eigenvalue weighted by molar-refractivity contribution is -0.143. The predicted octanol–water partition coefficient (Wildman–Crippen LogP) is 1.39. The first kappa shape index (κ1) is 14.0. The van der Waals surface area contributed by atoms with Crippen molar-refractivity contribution in [1.29, 1.82) is 0 Å². The Kier molecular flexibility index (Phi) is 5.44. The van der Waals surface area contributed by atoms with Crippen LogP contribution in [0, 0.1) is 6.92 Å². The summed E-state index contributed by atoms with van der Waals surface area (Å²) in [6.45, 7) is 5.14. The van der Waals surface area contributed by atoms with Crippen molar-refractivity contribution in [2.75, 3.05) is 13.7 Å². The number of ether oxygens (including phenoxy) is 1. The number of esters is 1. The van der Waals surface area contributed by atoms with E-state index in [9.17, 15) is 4.79 Å². The van der Waals surface area contributed by atoms with Gasteiger partial charge in [-0.1, -0.05) is 18.5 Å². The van der Waals surface area contributed by atoms with Crippen LogP contribution >= 0.6 is 11.6 Å². The summed E-state index contributed by atoms with van der Waals surface area (Å²) >= 11 is 5.91. The monoisotopic (exact) mass is 259 g/mol. The number of rotatable bonds is 6. The lowest BCUT2D eigenvalue weighted by atomic mass is 10.2. The van der Waals surface area contributed by atoms with E-state index >= 15 is 0 Å². The maximum Gasteiger partial charge on any atom is 0.322 e. The van der Waals surface area contributed by atoms with Gasteiger partial charge in [-0.15, -0.1) is 0 Å². The van der Waals surface area contributed by atoms with Gasteiger partial charge in [0, 0.05) is 12.7 Å². The van der Waals surface area contributed by atoms with Crippen LogP contribution in [0.1, 0.15) is 19.0 Å². The normalized spacial score (nSPS) is 12.5. The zero-order chi connectivity index (χ0) is 12.8. The molecule has 1 aromatic heterocycles. The first-order valence-corrected chi connectivity index (χ1v) is 5.97. The van der Waals surface area contributed by atoms with Crippen LogP contribution in [-0.2, 0) is 16.1 Å². The topological polar surface area (TPSA) is 56.2 Å². The van der Waals surface area contributed by atoms with E-state index in [-0.39, 0.29) is 12.0 Å². The number of aromatic nitrogens is 2. The number of aryl methyl sites for hydroxylation is 2. The van der Waals surface area contributed by atoms with Gasteiger partial charge in [0.15, 0.2) is 0 Å². The molecule has 0 bridgehead atoms. The molecule has 0 amide bonds. The second-order valence-corrected chi connectivity index (χ2v) is 4.15. The third-order valence-corrected chi connectivity index (χ3v) is 2.84. The summed E-state index contributed by atoms with van der Waals surface area (Å²) in [5.41, 5.74) is 0.796. The van der Waals surface area contributed by atoms with E-state index in [1.54, 1.807) is 10.9 Å². The maximum atomic E-state index is 11.5. The molecular weight excluding hydrogens is 242 g/mol. The highest BCUT2D eigenvalue weighted by Crippen LogP contribution is 2.12. The molecule has 6 heteroatoms. The Hall–Kier alpha value is -1.07. The largest absolute Gasteiger partial charge is 0.468 e. The van der Waals surface area contributed by atoms with Crippen molar-refractivity contribution in [2.45, 2.75) is 32.9 Å². The molecule has 1 heterocycles. The van der Waals surface area contributed by atoms with E-state index in [2.05, 4.69) is 10.4 Å². The van der Waals surface area contributed by atoms with Gasteiger partial charge in [0.2, 0.25) is 0 Å². The third-order valence-electron chi connectivity index (χ3n) is 2.47. The maximum absolute atomic E-state index is 11.5. The molecule has 0 aliphatic heterocycles. The van der Waals surface area contributed by atoms with E-state index in [0.29, 0.717) is 18.0 Å². The molecule has 1 N–H and O–H groups in total. The second-order valence-electron chi connectivity index (χ2n) is 3.75. The molecule has 1 rings (SSSR count). The van der Waals surface area contributed by atoms with Crippen LogP contribution in [0.4, 0.5) is 0 Å². The Morgan fingerprint density at radius 3 is 2.88 bits per heavy atom. The van der Waals surface area contributed by atoms with Crippen molar-refractivity contribution in [3.05, 3.63) is 16.9 Å². The van der Waals surface area contributed by atoms with Crippen molar-refractivity contribution in [3.8, 4) is 0 Å². The Morgan fingerprint density at radius 1 is 1.71 bits per heavy atom. The van der Waals surface area contributed by atoms with Crippen LogP contribution in [0.3, 0.4) is 0 Å². The quantitative estimate of drug-likeness (QED) is 0.785. The number of hydrogen-bond donors (Lipinski definition) is 1. The molecule has 0 radical (unpaired) electrons. The summed E-state index contributed by atoms with van der Waals surface area (Å²) in [5.74, 6) is -0.248. The average Bonchev–Trinajstić information content (AvgIpc) is 2.63. The van der Waals surface area contributed by atoms with Crippen LogP contribution in [0.25, 0.3) is 0 Å². The first-order chi connectivity index (χ1) is 8.08. The fourth-order valence-corrected chi connectivity index (χ4v) is 1.71. The van der Waals surface area contributed by atoms with Crippen molar-refractivity contribution < 1.29 is 9.53 Å². The number of halogens is 1. The second kappa shape index (κ2) is 6.61. The molecular formula is C11H18ClN3O2. The smallest absolute Gasteiger partial charge is 0.322 e. The van der Waals surface area contributed by atoms with E-state index in [4.69, 9.17) is 16.3 Å². The fraction of sp³-hybridized carbons (Fsp3) is 0.636. The number of methoxy groups -OCH3 is 1. The number of hydrogen-bond acceptors (Lipinski definition) is 4.